The van der Waals surface area contributed by atoms with Crippen LogP contribution in [0.3, 0.4) is 0 Å². The van der Waals surface area contributed by atoms with Crippen LogP contribution in [-0.4, -0.2) is 74.2 Å². The predicted octanol–water partition coefficient (Wildman–Crippen LogP) is 2.07. The fourth-order valence-corrected chi connectivity index (χ4v) is 4.75. The molecular weight excluding hydrogens is 368 g/mol. The summed E-state index contributed by atoms with van der Waals surface area (Å²) in [5, 5.41) is 0.543. The summed E-state index contributed by atoms with van der Waals surface area (Å²) in [6.45, 7) is 4.77. The lowest BCUT2D eigenvalue weighted by Gasteiger charge is -2.39. The van der Waals surface area contributed by atoms with Crippen LogP contribution in [0.1, 0.15) is 23.2 Å². The molecule has 7 heteroatoms. The van der Waals surface area contributed by atoms with Crippen molar-refractivity contribution in [1.82, 2.24) is 9.80 Å². The van der Waals surface area contributed by atoms with Crippen LogP contribution in [0.2, 0.25) is 5.02 Å². The maximum Gasteiger partial charge on any atom is 0.253 e. The number of carbonyl (C=O) groups excluding carboxylic acids is 2. The molecule has 1 unspecified atom stereocenters. The van der Waals surface area contributed by atoms with Gasteiger partial charge in [0.1, 0.15) is 0 Å². The van der Waals surface area contributed by atoms with Crippen molar-refractivity contribution in [2.45, 2.75) is 12.8 Å². The van der Waals surface area contributed by atoms with Gasteiger partial charge in [0.25, 0.3) is 5.91 Å². The molecule has 2 amide bonds. The molecular formula is C20H25ClN2O4. The van der Waals surface area contributed by atoms with Gasteiger partial charge in [0.05, 0.1) is 19.1 Å². The second-order valence-corrected chi connectivity index (χ2v) is 8.10. The molecule has 3 saturated heterocycles. The molecule has 0 N–H and O–H groups in total. The molecule has 3 fully saturated rings. The quantitative estimate of drug-likeness (QED) is 0.773. The Labute approximate surface area is 164 Å². The van der Waals surface area contributed by atoms with Gasteiger partial charge in [-0.25, -0.2) is 0 Å². The van der Waals surface area contributed by atoms with Crippen LogP contribution in [0.15, 0.2) is 24.3 Å². The smallest absolute Gasteiger partial charge is 0.253 e. The van der Waals surface area contributed by atoms with Crippen LogP contribution >= 0.6 is 11.6 Å². The lowest BCUT2D eigenvalue weighted by atomic mass is 9.71. The zero-order valence-electron chi connectivity index (χ0n) is 15.4. The van der Waals surface area contributed by atoms with E-state index < -0.39 is 0 Å². The molecule has 3 aliphatic heterocycles. The fraction of sp³-hybridized carbons (Fsp3) is 0.600. The summed E-state index contributed by atoms with van der Waals surface area (Å²) in [4.78, 5) is 30.1. The molecule has 0 aromatic heterocycles. The van der Waals surface area contributed by atoms with Crippen LogP contribution in [0.4, 0.5) is 0 Å². The monoisotopic (exact) mass is 392 g/mol. The maximum atomic E-state index is 13.3. The largest absolute Gasteiger partial charge is 0.381 e. The minimum Gasteiger partial charge on any atom is -0.381 e. The average Bonchev–Trinajstić information content (AvgIpc) is 3.06. The second kappa shape index (κ2) is 7.78. The number of carbonyl (C=O) groups is 2. The molecule has 4 rings (SSSR count). The van der Waals surface area contributed by atoms with E-state index in [1.165, 1.54) is 0 Å². The third-order valence-corrected chi connectivity index (χ3v) is 6.35. The van der Waals surface area contributed by atoms with Gasteiger partial charge in [0, 0.05) is 55.4 Å². The Balaban J connectivity index is 1.57. The van der Waals surface area contributed by atoms with Crippen LogP contribution in [0, 0.1) is 11.3 Å². The number of nitrogens with zero attached hydrogens (tertiary/aromatic N) is 2. The van der Waals surface area contributed by atoms with Crippen LogP contribution in [-0.2, 0) is 14.3 Å². The molecule has 3 heterocycles. The zero-order chi connectivity index (χ0) is 18.9. The van der Waals surface area contributed by atoms with E-state index in [9.17, 15) is 9.59 Å². The van der Waals surface area contributed by atoms with Crippen LogP contribution < -0.4 is 0 Å². The number of halogens is 1. The van der Waals surface area contributed by atoms with E-state index in [1.54, 1.807) is 24.3 Å². The Morgan fingerprint density at radius 3 is 2.44 bits per heavy atom. The molecule has 27 heavy (non-hydrogen) atoms. The van der Waals surface area contributed by atoms with E-state index in [0.29, 0.717) is 63.2 Å². The number of amides is 2. The molecule has 3 aliphatic rings. The van der Waals surface area contributed by atoms with Crippen molar-refractivity contribution in [2.24, 2.45) is 11.3 Å². The number of likely N-dealkylation sites (tertiary alicyclic amines) is 1. The fourth-order valence-electron chi connectivity index (χ4n) is 4.56. The Morgan fingerprint density at radius 2 is 1.74 bits per heavy atom. The van der Waals surface area contributed by atoms with E-state index in [-0.39, 0.29) is 23.1 Å². The van der Waals surface area contributed by atoms with Crippen molar-refractivity contribution in [3.05, 3.63) is 34.9 Å². The van der Waals surface area contributed by atoms with E-state index in [2.05, 4.69) is 0 Å². The summed E-state index contributed by atoms with van der Waals surface area (Å²) >= 11 is 6.06. The van der Waals surface area contributed by atoms with Crippen LogP contribution in [0.5, 0.6) is 0 Å². The van der Waals surface area contributed by atoms with E-state index in [4.69, 9.17) is 21.1 Å². The Hall–Kier alpha value is -1.63. The summed E-state index contributed by atoms with van der Waals surface area (Å²) in [6, 6.07) is 7.01. The van der Waals surface area contributed by atoms with Gasteiger partial charge in [-0.1, -0.05) is 17.7 Å². The third kappa shape index (κ3) is 3.71. The highest BCUT2D eigenvalue weighted by Crippen LogP contribution is 2.45. The topological polar surface area (TPSA) is 59.1 Å². The highest BCUT2D eigenvalue weighted by molar-refractivity contribution is 6.30. The summed E-state index contributed by atoms with van der Waals surface area (Å²) in [5.74, 6) is -0.0788. The number of hydrogen-bond acceptors (Lipinski definition) is 4. The van der Waals surface area contributed by atoms with E-state index >= 15 is 0 Å². The standard InChI is InChI=1S/C20H25ClN2O4/c21-16-3-1-2-15(12-16)18(24)23-13-17(19(25)22-6-10-27-11-7-22)20(14-23)4-8-26-9-5-20/h1-3,12,17H,4-11,13-14H2. The van der Waals surface area contributed by atoms with Crippen molar-refractivity contribution < 1.29 is 19.1 Å². The van der Waals surface area contributed by atoms with Crippen LogP contribution in [0.25, 0.3) is 0 Å². The zero-order valence-corrected chi connectivity index (χ0v) is 16.1. The molecule has 0 saturated carbocycles. The number of hydrogen-bond donors (Lipinski definition) is 0. The van der Waals surface area contributed by atoms with Gasteiger partial charge in [-0.15, -0.1) is 0 Å². The molecule has 0 radical (unpaired) electrons. The molecule has 0 bridgehead atoms. The van der Waals surface area contributed by atoms with Crippen molar-refractivity contribution >= 4 is 23.4 Å². The van der Waals surface area contributed by atoms with Gasteiger partial charge >= 0.3 is 0 Å². The molecule has 1 aromatic rings. The number of benzene rings is 1. The minimum atomic E-state index is -0.193. The van der Waals surface area contributed by atoms with Crippen molar-refractivity contribution in [2.75, 3.05) is 52.6 Å². The first-order valence-electron chi connectivity index (χ1n) is 9.58. The first kappa shape index (κ1) is 18.7. The Morgan fingerprint density at radius 1 is 1.04 bits per heavy atom. The lowest BCUT2D eigenvalue weighted by molar-refractivity contribution is -0.144. The summed E-state index contributed by atoms with van der Waals surface area (Å²) in [7, 11) is 0. The molecule has 1 spiro atoms. The summed E-state index contributed by atoms with van der Waals surface area (Å²) in [6.07, 6.45) is 1.63. The summed E-state index contributed by atoms with van der Waals surface area (Å²) in [5.41, 5.74) is 0.381. The Bertz CT molecular complexity index is 714. The van der Waals surface area contributed by atoms with Gasteiger partial charge < -0.3 is 19.3 Å². The van der Waals surface area contributed by atoms with Gasteiger partial charge in [-0.05, 0) is 31.0 Å². The first-order chi connectivity index (χ1) is 13.1. The summed E-state index contributed by atoms with van der Waals surface area (Å²) < 4.78 is 10.9. The number of morpholine rings is 1. The van der Waals surface area contributed by atoms with Crippen molar-refractivity contribution in [3.8, 4) is 0 Å². The predicted molar refractivity (Wildman–Crippen MR) is 101 cm³/mol. The normalized spacial score (nSPS) is 25.0. The van der Waals surface area contributed by atoms with E-state index in [1.807, 2.05) is 9.80 Å². The van der Waals surface area contributed by atoms with Crippen molar-refractivity contribution in [1.29, 1.82) is 0 Å². The SMILES string of the molecule is O=C(c1cccc(Cl)c1)N1CC(C(=O)N2CCOCC2)C2(CCOCC2)C1. The van der Waals surface area contributed by atoms with Gasteiger partial charge in [0.2, 0.25) is 5.91 Å². The molecule has 0 aliphatic carbocycles. The van der Waals surface area contributed by atoms with E-state index in [0.717, 1.165) is 12.8 Å². The van der Waals surface area contributed by atoms with Gasteiger partial charge in [0.15, 0.2) is 0 Å². The lowest BCUT2D eigenvalue weighted by Crippen LogP contribution is -2.49. The molecule has 6 nitrogen and oxygen atoms in total. The Kier molecular flexibility index (Phi) is 5.39. The highest BCUT2D eigenvalue weighted by Gasteiger charge is 2.52. The van der Waals surface area contributed by atoms with Gasteiger partial charge in [-0.2, -0.15) is 0 Å². The molecule has 1 aromatic carbocycles. The second-order valence-electron chi connectivity index (χ2n) is 7.66. The maximum absolute atomic E-state index is 13.3. The number of rotatable bonds is 2. The number of ether oxygens (including phenoxy) is 2. The first-order valence-corrected chi connectivity index (χ1v) is 9.96. The third-order valence-electron chi connectivity index (χ3n) is 6.12. The molecule has 146 valence electrons. The average molecular weight is 393 g/mol. The van der Waals surface area contributed by atoms with Crippen molar-refractivity contribution in [3.63, 3.8) is 0 Å². The van der Waals surface area contributed by atoms with Gasteiger partial charge in [-0.3, -0.25) is 9.59 Å². The highest BCUT2D eigenvalue weighted by atomic mass is 35.5. The minimum absolute atomic E-state index is 0.0550. The molecule has 1 atom stereocenters.